The highest BCUT2D eigenvalue weighted by Crippen LogP contribution is 2.32. The summed E-state index contributed by atoms with van der Waals surface area (Å²) in [6.07, 6.45) is 1.75. The lowest BCUT2D eigenvalue weighted by atomic mass is 10.1. The highest BCUT2D eigenvalue weighted by Gasteiger charge is 2.35. The molecule has 10 heteroatoms. The first-order valence-electron chi connectivity index (χ1n) is 13.4. The molecule has 248 valence electrons. The van der Waals surface area contributed by atoms with E-state index in [1.165, 1.54) is 0 Å². The van der Waals surface area contributed by atoms with Crippen molar-refractivity contribution < 1.29 is 17.9 Å². The van der Waals surface area contributed by atoms with E-state index < -0.39 is 10.0 Å². The molecule has 0 radical (unpaired) electrons. The molecule has 1 amide bonds. The van der Waals surface area contributed by atoms with Gasteiger partial charge in [-0.2, -0.15) is 0 Å². The zero-order chi connectivity index (χ0) is 29.4. The van der Waals surface area contributed by atoms with E-state index in [2.05, 4.69) is 15.0 Å². The number of fused-ring (bicyclic) bond motifs is 1. The Hall–Kier alpha value is -2.56. The summed E-state index contributed by atoms with van der Waals surface area (Å²) in [5.41, 5.74) is 2.48. The maximum Gasteiger partial charge on any atom is 0.242 e. The predicted octanol–water partition coefficient (Wildman–Crippen LogP) is 8.72. The Kier molecular flexibility index (Phi) is 20.5. The van der Waals surface area contributed by atoms with Gasteiger partial charge in [0.25, 0.3) is 0 Å². The molecule has 43 heavy (non-hydrogen) atoms. The molecule has 2 N–H and O–H groups in total. The van der Waals surface area contributed by atoms with E-state index in [-0.39, 0.29) is 64.5 Å². The SMILES string of the molecule is C.C.C.C.CC(C)C(=O)NC(C)(C)C.CC(C)NS(=O)(=O)C1CC1.CC(C)Oc1nc2ccccc2nc1-c1cccs1. The van der Waals surface area contributed by atoms with E-state index in [0.717, 1.165) is 34.4 Å². The number of aromatic nitrogens is 2. The Morgan fingerprint density at radius 1 is 0.907 bits per heavy atom. The van der Waals surface area contributed by atoms with Crippen molar-refractivity contribution in [3.8, 4) is 16.5 Å². The molecule has 4 rings (SSSR count). The summed E-state index contributed by atoms with van der Waals surface area (Å²) >= 11 is 1.64. The summed E-state index contributed by atoms with van der Waals surface area (Å²) < 4.78 is 30.5. The van der Waals surface area contributed by atoms with Crippen LogP contribution in [0.25, 0.3) is 21.6 Å². The number of para-hydroxylation sites is 2. The number of rotatable bonds is 7. The zero-order valence-corrected chi connectivity index (χ0v) is 26.2. The number of benzene rings is 1. The summed E-state index contributed by atoms with van der Waals surface area (Å²) in [6, 6.07) is 11.9. The van der Waals surface area contributed by atoms with Gasteiger partial charge in [-0.3, -0.25) is 4.79 Å². The second-order valence-electron chi connectivity index (χ2n) is 11.4. The number of amides is 1. The molecule has 0 spiro atoms. The van der Waals surface area contributed by atoms with Crippen LogP contribution in [0.1, 0.15) is 105 Å². The normalized spacial score (nSPS) is 12.3. The first-order valence-corrected chi connectivity index (χ1v) is 15.8. The number of ether oxygens (including phenoxy) is 1. The fourth-order valence-electron chi connectivity index (χ4n) is 3.18. The van der Waals surface area contributed by atoms with Gasteiger partial charge in [-0.15, -0.1) is 11.3 Å². The van der Waals surface area contributed by atoms with E-state index in [0.29, 0.717) is 5.88 Å². The van der Waals surface area contributed by atoms with E-state index in [1.54, 1.807) is 11.3 Å². The maximum absolute atomic E-state index is 11.1. The molecule has 8 nitrogen and oxygen atoms in total. The fraction of sp³-hybridized carbons (Fsp3) is 0.606. The van der Waals surface area contributed by atoms with Crippen LogP contribution in [0.2, 0.25) is 0 Å². The molecular formula is C33H60N4O4S2. The van der Waals surface area contributed by atoms with Crippen molar-refractivity contribution in [2.24, 2.45) is 5.92 Å². The number of thiophene rings is 1. The van der Waals surface area contributed by atoms with Crippen molar-refractivity contribution in [3.63, 3.8) is 0 Å². The van der Waals surface area contributed by atoms with Gasteiger partial charge in [-0.05, 0) is 84.9 Å². The van der Waals surface area contributed by atoms with Gasteiger partial charge >= 0.3 is 0 Å². The number of nitrogens with zero attached hydrogens (tertiary/aromatic N) is 2. The predicted molar refractivity (Wildman–Crippen MR) is 188 cm³/mol. The van der Waals surface area contributed by atoms with Gasteiger partial charge in [0.1, 0.15) is 5.69 Å². The van der Waals surface area contributed by atoms with Gasteiger partial charge in [-0.25, -0.2) is 23.1 Å². The summed E-state index contributed by atoms with van der Waals surface area (Å²) in [5.74, 6) is 0.808. The van der Waals surface area contributed by atoms with Crippen molar-refractivity contribution >= 4 is 38.3 Å². The van der Waals surface area contributed by atoms with Gasteiger partial charge in [0.05, 0.1) is 27.3 Å². The zero-order valence-electron chi connectivity index (χ0n) is 24.6. The lowest BCUT2D eigenvalue weighted by Crippen LogP contribution is -2.42. The average molecular weight is 641 g/mol. The molecule has 0 aliphatic heterocycles. The molecule has 3 aromatic rings. The lowest BCUT2D eigenvalue weighted by Gasteiger charge is -2.21. The quantitative estimate of drug-likeness (QED) is 0.267. The Morgan fingerprint density at radius 3 is 1.81 bits per heavy atom. The van der Waals surface area contributed by atoms with E-state index in [4.69, 9.17) is 9.72 Å². The number of sulfonamides is 1. The van der Waals surface area contributed by atoms with E-state index in [9.17, 15) is 13.2 Å². The summed E-state index contributed by atoms with van der Waals surface area (Å²) in [6.45, 7) is 17.4. The van der Waals surface area contributed by atoms with E-state index >= 15 is 0 Å². The van der Waals surface area contributed by atoms with Crippen LogP contribution in [0.5, 0.6) is 5.88 Å². The summed E-state index contributed by atoms with van der Waals surface area (Å²) in [4.78, 5) is 21.4. The third kappa shape index (κ3) is 16.2. The van der Waals surface area contributed by atoms with Crippen LogP contribution in [0.4, 0.5) is 0 Å². The Labute approximate surface area is 267 Å². The van der Waals surface area contributed by atoms with Crippen molar-refractivity contribution in [3.05, 3.63) is 41.8 Å². The minimum Gasteiger partial charge on any atom is -0.473 e. The van der Waals surface area contributed by atoms with Crippen molar-refractivity contribution in [1.29, 1.82) is 0 Å². The minimum absolute atomic E-state index is 0. The largest absolute Gasteiger partial charge is 0.473 e. The third-order valence-corrected chi connectivity index (χ3v) is 8.05. The molecule has 2 aromatic heterocycles. The van der Waals surface area contributed by atoms with Crippen LogP contribution in [0.3, 0.4) is 0 Å². The molecule has 1 aromatic carbocycles. The standard InChI is InChI=1S/C15H14N2OS.C8H17NO.C6H13NO2S.4CH4/c1-10(2)18-15-14(13-8-5-9-19-13)16-11-6-3-4-7-12(11)17-15;1-6(2)7(10)9-8(3,4)5;1-5(2)7-10(8,9)6-3-4-6;;;;/h3-10H,1-2H3;6H,1-5H3,(H,9,10);5-7H,3-4H2,1-2H3;4*1H4. The fourth-order valence-corrected chi connectivity index (χ4v) is 5.49. The first-order chi connectivity index (χ1) is 18.1. The van der Waals surface area contributed by atoms with Crippen LogP contribution >= 0.6 is 11.3 Å². The molecule has 0 saturated heterocycles. The molecule has 1 saturated carbocycles. The molecule has 0 atom stereocenters. The highest BCUT2D eigenvalue weighted by molar-refractivity contribution is 7.90. The molecule has 1 fully saturated rings. The van der Waals surface area contributed by atoms with E-state index in [1.807, 2.05) is 104 Å². The average Bonchev–Trinajstić information content (AvgIpc) is 3.54. The van der Waals surface area contributed by atoms with Gasteiger partial charge in [0.15, 0.2) is 0 Å². The van der Waals surface area contributed by atoms with Crippen LogP contribution < -0.4 is 14.8 Å². The van der Waals surface area contributed by atoms with Crippen LogP contribution in [-0.4, -0.2) is 47.2 Å². The van der Waals surface area contributed by atoms with Crippen molar-refractivity contribution in [1.82, 2.24) is 20.0 Å². The second kappa shape index (κ2) is 19.7. The van der Waals surface area contributed by atoms with Crippen LogP contribution in [0.15, 0.2) is 41.8 Å². The molecular weight excluding hydrogens is 581 g/mol. The third-order valence-electron chi connectivity index (χ3n) is 5.03. The summed E-state index contributed by atoms with van der Waals surface area (Å²) in [7, 11) is -2.94. The number of nitrogens with one attached hydrogen (secondary N) is 2. The minimum atomic E-state index is -2.94. The number of hydrogen-bond donors (Lipinski definition) is 2. The van der Waals surface area contributed by atoms with Gasteiger partial charge in [0.2, 0.25) is 21.8 Å². The highest BCUT2D eigenvalue weighted by atomic mass is 32.2. The van der Waals surface area contributed by atoms with Gasteiger partial charge in [-0.1, -0.05) is 61.8 Å². The smallest absolute Gasteiger partial charge is 0.242 e. The topological polar surface area (TPSA) is 110 Å². The molecule has 2 heterocycles. The first kappa shape index (κ1) is 44.9. The monoisotopic (exact) mass is 640 g/mol. The molecule has 0 bridgehead atoms. The van der Waals surface area contributed by atoms with Crippen molar-refractivity contribution in [2.45, 2.75) is 128 Å². The maximum atomic E-state index is 11.1. The van der Waals surface area contributed by atoms with Gasteiger partial charge < -0.3 is 10.1 Å². The van der Waals surface area contributed by atoms with Gasteiger partial charge in [0, 0.05) is 17.5 Å². The molecule has 0 unspecified atom stereocenters. The molecule has 1 aliphatic rings. The molecule has 1 aliphatic carbocycles. The van der Waals surface area contributed by atoms with Crippen LogP contribution in [0, 0.1) is 5.92 Å². The van der Waals surface area contributed by atoms with Crippen molar-refractivity contribution in [2.75, 3.05) is 0 Å². The number of hydrogen-bond acceptors (Lipinski definition) is 7. The Morgan fingerprint density at radius 2 is 1.44 bits per heavy atom. The number of carbonyl (C=O) groups excluding carboxylic acids is 1. The Balaban J connectivity index is -0.000000580. The lowest BCUT2D eigenvalue weighted by molar-refractivity contribution is -0.125. The summed E-state index contributed by atoms with van der Waals surface area (Å²) in [5, 5.41) is 4.82. The van der Waals surface area contributed by atoms with Crippen LogP contribution in [-0.2, 0) is 14.8 Å². The number of carbonyl (C=O) groups is 1. The second-order valence-corrected chi connectivity index (χ2v) is 14.4. The Bertz CT molecular complexity index is 1300.